The van der Waals surface area contributed by atoms with Gasteiger partial charge >= 0.3 is 236 Å². The Hall–Kier alpha value is 2.04. The number of hydrogen-bond acceptors (Lipinski definition) is 58. The van der Waals surface area contributed by atoms with Crippen molar-refractivity contribution in [1.82, 2.24) is 21.3 Å². The number of hydrogen-bond donors (Lipinski definition) is 18. The number of aliphatic carboxylic acids is 4. The minimum Gasteiger partial charge on any atom is -0.726 e. The number of nitrogens with two attached hydrogens (primary N) is 1. The number of amides is 4. The predicted molar refractivity (Wildman–Crippen MR) is 363 cm³/mol. The van der Waals surface area contributed by atoms with Crippen molar-refractivity contribution in [2.24, 2.45) is 5.73 Å². The smallest absolute Gasteiger partial charge is 0.726 e. The third-order valence-corrected chi connectivity index (χ3v) is 21.7. The van der Waals surface area contributed by atoms with E-state index in [1.807, 2.05) is 16.0 Å². The molecule has 8 rings (SSSR count). The van der Waals surface area contributed by atoms with E-state index in [0.717, 1.165) is 13.8 Å². The van der Waals surface area contributed by atoms with Crippen molar-refractivity contribution < 1.29 is 506 Å². The monoisotopic (exact) mass is 2120 g/mol. The summed E-state index contributed by atoms with van der Waals surface area (Å²) in [4.78, 5) is 102. The van der Waals surface area contributed by atoms with Gasteiger partial charge in [0, 0.05) is 34.3 Å². The molecule has 0 aromatic heterocycles. The Morgan fingerprint density at radius 3 is 0.726 bits per heavy atom. The standard InChI is InChI=1S/C61H97N5O57S4.8Na/c1-14(67)63-22-27(72)26(71)18(10-105-124(92,93)94)109-54(22)116-43-32(77)36(81)59(121-47(43)51(86)87)113-40-20(12-107-126(98,99)100)111-56(24(29(40)74)65-16(3)69)118-45-34(79)38(83)61(123-49(45)53(90)91)115-41-21(13-108-127(101,102)103)112-57(25(30(41)75)66-17(4)70)119-44-33(78)37(82)60(122-48(44)52(88)89)114-39-19(11-106-125(95,96)97)110-55(23(28(39)73)64-15(2)68)117-42-31(76)35(80)58(120-46(42)50(84)85)104-9-7-5-6-8-62;;;;;;;;/h18-49,54-61,71-83H,5-13,62H2,1-4H3,(H,63,67)(H,64,68)(H,65,69)(H,66,70)(H,84,85)(H,86,87)(H,88,89)(H,90,91)(H,92,93,94)(H,95,96,97)(H,98,99,100)(H,101,102,103);;;;;;;;/q;8*+1/p-8/t18-,19-,20-,21-,22-,23-,24-,25-,26-,27-,28-,29-,30-,31-,32-,33-,34-,35-,36-,37-,38-,39-,40-,41-,42+,43+,44+,45+,46+,47-,48-,49+,54-,55-,56-,57-,58-,59-,60-,61-;;;;;;;;/m1......../s1. The molecule has 0 bridgehead atoms. The van der Waals surface area contributed by atoms with Crippen molar-refractivity contribution >= 4 is 89.1 Å². The van der Waals surface area contributed by atoms with E-state index in [0.29, 0.717) is 26.7 Å². The average molecular weight is 2120 g/mol. The molecule has 135 heavy (non-hydrogen) atoms. The zero-order valence-corrected chi connectivity index (χ0v) is 92.7. The minimum absolute atomic E-state index is 0. The number of carboxylic acid groups (broad SMARTS) is 4. The largest absolute Gasteiger partial charge is 1.00 e. The Morgan fingerprint density at radius 1 is 0.281 bits per heavy atom. The van der Waals surface area contributed by atoms with E-state index < -0.39 is 361 Å². The summed E-state index contributed by atoms with van der Waals surface area (Å²) in [6.07, 6.45) is -92.5. The Morgan fingerprint density at radius 2 is 0.496 bits per heavy atom. The Balaban J connectivity index is 0.0000224. The molecule has 8 heterocycles. The first-order chi connectivity index (χ1) is 58.9. The summed E-state index contributed by atoms with van der Waals surface area (Å²) in [6.45, 7) is -3.45. The Kier molecular flexibility index (Phi) is 61.1. The molecule has 4 amide bonds. The van der Waals surface area contributed by atoms with Crippen LogP contribution in [0.2, 0.25) is 0 Å². The second-order valence-corrected chi connectivity index (χ2v) is 33.3. The molecule has 62 nitrogen and oxygen atoms in total. The van der Waals surface area contributed by atoms with Gasteiger partial charge in [0.05, 0.1) is 50.3 Å². The molecule has 0 aliphatic carbocycles. The molecule has 74 heteroatoms. The molecule has 0 aromatic rings. The van der Waals surface area contributed by atoms with Crippen LogP contribution in [0.4, 0.5) is 0 Å². The van der Waals surface area contributed by atoms with E-state index >= 15 is 0 Å². The number of rotatable bonds is 40. The zero-order chi connectivity index (χ0) is 95.0. The molecule has 0 radical (unpaired) electrons. The van der Waals surface area contributed by atoms with Crippen LogP contribution in [0.3, 0.4) is 0 Å². The Bertz CT molecular complexity index is 4270. The van der Waals surface area contributed by atoms with E-state index in [1.54, 1.807) is 0 Å². The van der Waals surface area contributed by atoms with Crippen LogP contribution in [-0.4, -0.2) is 451 Å². The molecule has 19 N–H and O–H groups in total. The number of ether oxygens (including phenoxy) is 16. The average Bonchev–Trinajstić information content (AvgIpc) is 0.763. The van der Waals surface area contributed by atoms with E-state index in [-0.39, 0.29) is 256 Å². The number of carboxylic acids is 4. The Labute approximate surface area is 942 Å². The molecule has 732 valence electrons. The van der Waals surface area contributed by atoms with Crippen LogP contribution in [-0.2, 0) is 172 Å². The fourth-order valence-electron chi connectivity index (χ4n) is 14.3. The van der Waals surface area contributed by atoms with Crippen molar-refractivity contribution in [3.63, 3.8) is 0 Å². The van der Waals surface area contributed by atoms with Crippen LogP contribution in [0, 0.1) is 0 Å². The normalized spacial score (nSPS) is 38.8. The van der Waals surface area contributed by atoms with Crippen LogP contribution < -0.4 is 284 Å². The van der Waals surface area contributed by atoms with Gasteiger partial charge in [0.1, 0.15) is 195 Å². The maximum absolute atomic E-state index is 13.2. The van der Waals surface area contributed by atoms with Gasteiger partial charge in [-0.1, -0.05) is 0 Å². The van der Waals surface area contributed by atoms with Crippen LogP contribution in [0.15, 0.2) is 0 Å². The topological polar surface area (TPSA) is 979 Å². The number of aliphatic hydroxyl groups is 13. The van der Waals surface area contributed by atoms with Gasteiger partial charge in [-0.05, 0) is 25.8 Å². The summed E-state index contributed by atoms with van der Waals surface area (Å²) >= 11 is 0. The maximum Gasteiger partial charge on any atom is 1.00 e. The van der Waals surface area contributed by atoms with Crippen molar-refractivity contribution in [3.05, 3.63) is 0 Å². The van der Waals surface area contributed by atoms with Gasteiger partial charge in [-0.15, -0.1) is 0 Å². The summed E-state index contributed by atoms with van der Waals surface area (Å²) in [7, 11) is -23.4. The third-order valence-electron chi connectivity index (χ3n) is 20.0. The zero-order valence-electron chi connectivity index (χ0n) is 73.4. The number of nitrogens with one attached hydrogen (secondary N) is 4. The van der Waals surface area contributed by atoms with Gasteiger partial charge in [0.25, 0.3) is 0 Å². The number of carbonyl (C=O) groups excluding carboxylic acids is 8. The van der Waals surface area contributed by atoms with Gasteiger partial charge in [0.2, 0.25) is 65.2 Å². The van der Waals surface area contributed by atoms with Crippen molar-refractivity contribution in [2.45, 2.75) is 292 Å². The van der Waals surface area contributed by atoms with Crippen molar-refractivity contribution in [3.8, 4) is 0 Å². The number of carbonyl (C=O) groups is 8. The van der Waals surface area contributed by atoms with E-state index in [9.17, 15) is 177 Å². The second-order valence-electron chi connectivity index (χ2n) is 29.1. The number of unbranched alkanes of at least 4 members (excludes halogenated alkanes) is 2. The first-order valence-electron chi connectivity index (χ1n) is 37.2. The fourth-order valence-corrected chi connectivity index (χ4v) is 15.5. The van der Waals surface area contributed by atoms with Crippen LogP contribution in [0.5, 0.6) is 0 Å². The molecule has 0 aromatic carbocycles. The molecule has 40 atom stereocenters. The predicted octanol–water partition coefficient (Wildman–Crippen LogP) is -47.7. The van der Waals surface area contributed by atoms with Gasteiger partial charge in [-0.25, -0.2) is 33.7 Å². The van der Waals surface area contributed by atoms with Crippen LogP contribution in [0.1, 0.15) is 47.0 Å². The molecule has 8 aliphatic rings. The van der Waals surface area contributed by atoms with E-state index in [1.165, 1.54) is 0 Å². The van der Waals surface area contributed by atoms with Gasteiger partial charge in [0.15, 0.2) is 50.3 Å². The summed E-state index contributed by atoms with van der Waals surface area (Å²) < 4.78 is 247. The molecule has 0 saturated carbocycles. The summed E-state index contributed by atoms with van der Waals surface area (Å²) in [5.74, 6) is -14.3. The molecular formula is C61H89N5Na8O57S4. The van der Waals surface area contributed by atoms with E-state index in [4.69, 9.17) is 81.5 Å². The quantitative estimate of drug-likeness (QED) is 0.0117. The summed E-state index contributed by atoms with van der Waals surface area (Å²) in [5, 5.41) is 210. The third kappa shape index (κ3) is 38.2. The maximum atomic E-state index is 13.2. The van der Waals surface area contributed by atoms with Crippen LogP contribution in [0.25, 0.3) is 0 Å². The van der Waals surface area contributed by atoms with E-state index in [2.05, 4.69) is 22.0 Å². The molecule has 8 saturated heterocycles. The molecule has 8 fully saturated rings. The van der Waals surface area contributed by atoms with Crippen LogP contribution >= 0.6 is 0 Å². The first kappa shape index (κ1) is 137. The molecule has 0 spiro atoms. The van der Waals surface area contributed by atoms with Crippen molar-refractivity contribution in [1.29, 1.82) is 0 Å². The summed E-state index contributed by atoms with van der Waals surface area (Å²) in [5.41, 5.74) is 5.48. The second kappa shape index (κ2) is 60.2. The molecular weight excluding hydrogens is 2030 g/mol. The summed E-state index contributed by atoms with van der Waals surface area (Å²) in [6, 6.07) is -9.08. The fraction of sp³-hybridized carbons (Fsp3) is 0.869. The van der Waals surface area contributed by atoms with Crippen molar-refractivity contribution in [2.75, 3.05) is 39.6 Å². The SMILES string of the molecule is CC(=O)N[C@H]1[C@@H](O[C@H]2[C@H](O)[C@@H](O)[C@H](O[C@H]3[C@H](O)[C@@H](NC(C)=O)[C@@H](O[C@H]4[C@H](O)[C@@H](O)[C@H](OCCCCCN)O[C@@H]4C(=O)[O-])O[C@@H]3COS(=O)(=O)[O-])O[C@H]2C(=O)[O-])O[C@H](COS(=O)(=O)[O-])[C@@H](O[C@@H]2O[C@H](C(=O)[O-])[C@@H](O[C@H]3O[C@H](COS(=O)(=O)[O-])[C@@H](O[C@@H]4O[C@@H](C(=O)[O-])[C@@H](O[C@H]5O[C@H](COS(=O)(=O)[O-])[C@@H](O)[C@H](O)[C@H]5NC(C)=O)[C@H](O)[C@H]4O)[C@H](O)[C@H]3NC(C)=O)[C@H](O)[C@H]2O)[C@@H]1O.[Na+].[Na+].[Na+].[Na+].[Na+].[Na+].[Na+].[Na+]. The number of aliphatic hydroxyl groups excluding tert-OH is 13. The van der Waals surface area contributed by atoms with Gasteiger partial charge < -0.3 is 227 Å². The minimum atomic E-state index is -5.99. The van der Waals surface area contributed by atoms with Gasteiger partial charge in [-0.3, -0.25) is 35.9 Å². The van der Waals surface area contributed by atoms with Gasteiger partial charge in [-0.2, -0.15) is 0 Å². The first-order valence-corrected chi connectivity index (χ1v) is 42.6. The molecule has 0 unspecified atom stereocenters. The molecule has 8 aliphatic heterocycles.